The van der Waals surface area contributed by atoms with Gasteiger partial charge in [-0.25, -0.2) is 8.78 Å². The number of ether oxygens (including phenoxy) is 1. The standard InChI is InChI=1S/C26H35ClF2N4O2/c1-18-11-20(27)3-6-24(18)35-10-8-30-17-32-23-5-4-21(12-22(23)19(2)34)33-9-7-25(16-33)13-26(28,29)15-31-14-25/h3,6,11,17,21,31H,4-5,7-10,12-16H2,1-2H3,(H,30,32). The van der Waals surface area contributed by atoms with Crippen LogP contribution in [0, 0.1) is 12.3 Å². The van der Waals surface area contributed by atoms with E-state index in [-0.39, 0.29) is 30.2 Å². The number of hydrogen-bond acceptors (Lipinski definition) is 5. The van der Waals surface area contributed by atoms with Crippen molar-refractivity contribution in [3.8, 4) is 5.75 Å². The Morgan fingerprint density at radius 3 is 2.97 bits per heavy atom. The van der Waals surface area contributed by atoms with Crippen molar-refractivity contribution < 1.29 is 18.3 Å². The molecule has 4 rings (SSSR count). The first kappa shape index (κ1) is 26.0. The van der Waals surface area contributed by atoms with Crippen LogP contribution in [-0.4, -0.2) is 68.3 Å². The largest absolute Gasteiger partial charge is 0.491 e. The first-order chi connectivity index (χ1) is 16.7. The molecule has 1 aliphatic carbocycles. The highest BCUT2D eigenvalue weighted by atomic mass is 35.5. The zero-order chi connectivity index (χ0) is 25.1. The Labute approximate surface area is 211 Å². The molecule has 1 aromatic carbocycles. The summed E-state index contributed by atoms with van der Waals surface area (Å²) in [4.78, 5) is 19.1. The SMILES string of the molecule is CC(=O)C1=C(NC=NCCOc2ccc(Cl)cc2C)CCC(N2CCC3(CNCC(F)(F)C3)C2)C1. The Morgan fingerprint density at radius 2 is 2.23 bits per heavy atom. The van der Waals surface area contributed by atoms with Gasteiger partial charge in [-0.1, -0.05) is 11.6 Å². The lowest BCUT2D eigenvalue weighted by Crippen LogP contribution is -2.52. The first-order valence-electron chi connectivity index (χ1n) is 12.4. The maximum atomic E-state index is 14.0. The minimum atomic E-state index is -2.64. The van der Waals surface area contributed by atoms with Crippen molar-refractivity contribution in [3.63, 3.8) is 0 Å². The molecule has 2 unspecified atom stereocenters. The number of Topliss-reactive ketones (excluding diaryl/α,β-unsaturated/α-hetero) is 1. The van der Waals surface area contributed by atoms with Gasteiger partial charge in [0.25, 0.3) is 5.92 Å². The van der Waals surface area contributed by atoms with Crippen molar-refractivity contribution in [3.05, 3.63) is 40.1 Å². The molecule has 35 heavy (non-hydrogen) atoms. The van der Waals surface area contributed by atoms with E-state index in [1.807, 2.05) is 19.1 Å². The minimum Gasteiger partial charge on any atom is -0.491 e. The molecule has 3 aliphatic rings. The lowest BCUT2D eigenvalue weighted by Gasteiger charge is -2.40. The van der Waals surface area contributed by atoms with Gasteiger partial charge in [0, 0.05) is 47.3 Å². The zero-order valence-electron chi connectivity index (χ0n) is 20.5. The van der Waals surface area contributed by atoms with Crippen LogP contribution in [-0.2, 0) is 4.79 Å². The van der Waals surface area contributed by atoms with Gasteiger partial charge in [-0.3, -0.25) is 14.7 Å². The molecule has 0 aromatic heterocycles. The minimum absolute atomic E-state index is 0.0454. The third kappa shape index (κ3) is 6.60. The van der Waals surface area contributed by atoms with E-state index in [2.05, 4.69) is 20.5 Å². The molecule has 2 saturated heterocycles. The molecule has 0 amide bonds. The molecule has 1 aromatic rings. The molecular weight excluding hydrogens is 474 g/mol. The Morgan fingerprint density at radius 1 is 1.40 bits per heavy atom. The summed E-state index contributed by atoms with van der Waals surface area (Å²) in [6, 6.07) is 5.71. The molecule has 6 nitrogen and oxygen atoms in total. The van der Waals surface area contributed by atoms with Gasteiger partial charge in [-0.2, -0.15) is 0 Å². The Hall–Kier alpha value is -2.03. The number of likely N-dealkylation sites (tertiary alicyclic amines) is 1. The van der Waals surface area contributed by atoms with Crippen LogP contribution in [0.2, 0.25) is 5.02 Å². The number of hydrogen-bond donors (Lipinski definition) is 2. The molecule has 192 valence electrons. The maximum Gasteiger partial charge on any atom is 0.260 e. The number of nitrogens with zero attached hydrogens (tertiary/aromatic N) is 2. The smallest absolute Gasteiger partial charge is 0.260 e. The zero-order valence-corrected chi connectivity index (χ0v) is 21.3. The number of alkyl halides is 2. The second kappa shape index (κ2) is 10.9. The molecular formula is C26H35ClF2N4O2. The highest BCUT2D eigenvalue weighted by molar-refractivity contribution is 6.30. The van der Waals surface area contributed by atoms with Crippen LogP contribution in [0.25, 0.3) is 0 Å². The van der Waals surface area contributed by atoms with E-state index in [1.54, 1.807) is 19.3 Å². The van der Waals surface area contributed by atoms with E-state index >= 15 is 0 Å². The van der Waals surface area contributed by atoms with E-state index in [4.69, 9.17) is 16.3 Å². The summed E-state index contributed by atoms with van der Waals surface area (Å²) < 4.78 is 33.8. The molecule has 1 spiro atoms. The quantitative estimate of drug-likeness (QED) is 0.310. The number of aryl methyl sites for hydroxylation is 1. The van der Waals surface area contributed by atoms with Crippen molar-refractivity contribution in [1.82, 2.24) is 15.5 Å². The maximum absolute atomic E-state index is 14.0. The van der Waals surface area contributed by atoms with Crippen molar-refractivity contribution in [1.29, 1.82) is 0 Å². The number of piperidine rings is 1. The topological polar surface area (TPSA) is 66.0 Å². The number of carbonyl (C=O) groups excluding carboxylic acids is 1. The van der Waals surface area contributed by atoms with Crippen LogP contribution in [0.4, 0.5) is 8.78 Å². The molecule has 0 radical (unpaired) electrons. The number of allylic oxidation sites excluding steroid dienone is 1. The fourth-order valence-corrected chi connectivity index (χ4v) is 5.90. The second-order valence-electron chi connectivity index (χ2n) is 10.2. The highest BCUT2D eigenvalue weighted by Gasteiger charge is 2.50. The van der Waals surface area contributed by atoms with Crippen molar-refractivity contribution in [2.75, 3.05) is 39.3 Å². The summed E-state index contributed by atoms with van der Waals surface area (Å²) in [6.07, 6.45) is 4.65. The number of nitrogens with one attached hydrogen (secondary N) is 2. The Balaban J connectivity index is 1.28. The first-order valence-corrected chi connectivity index (χ1v) is 12.7. The van der Waals surface area contributed by atoms with Gasteiger partial charge in [0.1, 0.15) is 12.4 Å². The van der Waals surface area contributed by atoms with Gasteiger partial charge in [0.15, 0.2) is 5.78 Å². The predicted molar refractivity (Wildman–Crippen MR) is 135 cm³/mol. The van der Waals surface area contributed by atoms with Crippen molar-refractivity contribution >= 4 is 23.7 Å². The molecule has 2 aliphatic heterocycles. The van der Waals surface area contributed by atoms with Crippen LogP contribution in [0.5, 0.6) is 5.75 Å². The van der Waals surface area contributed by atoms with Crippen molar-refractivity contribution in [2.24, 2.45) is 10.4 Å². The molecule has 0 saturated carbocycles. The molecule has 2 atom stereocenters. The number of ketones is 1. The van der Waals surface area contributed by atoms with E-state index in [0.717, 1.165) is 48.4 Å². The van der Waals surface area contributed by atoms with E-state index in [0.29, 0.717) is 37.7 Å². The Kier molecular flexibility index (Phi) is 8.13. The van der Waals surface area contributed by atoms with Gasteiger partial charge in [0.05, 0.1) is 19.4 Å². The average Bonchev–Trinajstić information content (AvgIpc) is 3.19. The van der Waals surface area contributed by atoms with Gasteiger partial charge >= 0.3 is 0 Å². The number of halogens is 3. The lowest BCUT2D eigenvalue weighted by atomic mass is 9.78. The third-order valence-corrected chi connectivity index (χ3v) is 7.64. The average molecular weight is 509 g/mol. The van der Waals surface area contributed by atoms with Crippen LogP contribution in [0.3, 0.4) is 0 Å². The van der Waals surface area contributed by atoms with Crippen LogP contribution in [0.1, 0.15) is 44.6 Å². The number of benzene rings is 1. The van der Waals surface area contributed by atoms with Crippen LogP contribution >= 0.6 is 11.6 Å². The number of rotatable bonds is 8. The van der Waals surface area contributed by atoms with Crippen molar-refractivity contribution in [2.45, 2.75) is 57.9 Å². The predicted octanol–water partition coefficient (Wildman–Crippen LogP) is 4.36. The lowest BCUT2D eigenvalue weighted by molar-refractivity contribution is -0.114. The molecule has 2 fully saturated rings. The molecule has 0 bridgehead atoms. The summed E-state index contributed by atoms with van der Waals surface area (Å²) in [6.45, 7) is 6.36. The van der Waals surface area contributed by atoms with Gasteiger partial charge in [0.2, 0.25) is 0 Å². The van der Waals surface area contributed by atoms with Gasteiger partial charge in [-0.05, 0) is 69.8 Å². The highest BCUT2D eigenvalue weighted by Crippen LogP contribution is 2.44. The normalized spacial score (nSPS) is 27.1. The summed E-state index contributed by atoms with van der Waals surface area (Å²) in [5.74, 6) is -1.80. The fraction of sp³-hybridized carbons (Fsp3) is 0.615. The molecule has 2 N–H and O–H groups in total. The monoisotopic (exact) mass is 508 g/mol. The van der Waals surface area contributed by atoms with E-state index in [1.165, 1.54) is 0 Å². The van der Waals surface area contributed by atoms with Gasteiger partial charge in [-0.15, -0.1) is 0 Å². The summed E-state index contributed by atoms with van der Waals surface area (Å²) in [5.41, 5.74) is 2.31. The third-order valence-electron chi connectivity index (χ3n) is 7.40. The Bertz CT molecular complexity index is 1000. The molecule has 9 heteroatoms. The van der Waals surface area contributed by atoms with E-state index < -0.39 is 5.92 Å². The number of carbonyl (C=O) groups is 1. The summed E-state index contributed by atoms with van der Waals surface area (Å²) in [5, 5.41) is 6.83. The summed E-state index contributed by atoms with van der Waals surface area (Å²) in [7, 11) is 0. The fourth-order valence-electron chi connectivity index (χ4n) is 5.68. The van der Waals surface area contributed by atoms with Gasteiger partial charge < -0.3 is 15.4 Å². The van der Waals surface area contributed by atoms with Crippen LogP contribution < -0.4 is 15.4 Å². The van der Waals surface area contributed by atoms with E-state index in [9.17, 15) is 13.6 Å². The van der Waals surface area contributed by atoms with Crippen LogP contribution in [0.15, 0.2) is 34.5 Å². The molecule has 2 heterocycles. The number of aliphatic imine (C=N–C) groups is 1. The summed E-state index contributed by atoms with van der Waals surface area (Å²) >= 11 is 5.97. The second-order valence-corrected chi connectivity index (χ2v) is 10.6.